The molecule has 0 aromatic carbocycles. The number of ether oxygens (including phenoxy) is 2. The zero-order valence-electron chi connectivity index (χ0n) is 11.3. The second-order valence-corrected chi connectivity index (χ2v) is 5.28. The lowest BCUT2D eigenvalue weighted by Gasteiger charge is -2.22. The molecule has 1 saturated heterocycles. The van der Waals surface area contributed by atoms with Gasteiger partial charge in [-0.25, -0.2) is 9.59 Å². The van der Waals surface area contributed by atoms with Crippen LogP contribution in [0.15, 0.2) is 11.4 Å². The number of hydrogen-bond donors (Lipinski definition) is 0. The number of likely N-dealkylation sites (tertiary alicyclic amines) is 1. The first-order valence-corrected chi connectivity index (χ1v) is 6.98. The van der Waals surface area contributed by atoms with E-state index in [2.05, 4.69) is 0 Å². The standard InChI is InChI=1S/C13H15NO5S/c1-18-12(16)9-3-4-10(15)14(9)7-8-5-6-20-11(8)13(17)19-2/h5-6,9H,3-4,7H2,1-2H3/t9-/m0/s1. The van der Waals surface area contributed by atoms with Gasteiger partial charge in [-0.05, 0) is 23.4 Å². The Morgan fingerprint density at radius 2 is 2.15 bits per heavy atom. The summed E-state index contributed by atoms with van der Waals surface area (Å²) in [5.41, 5.74) is 0.686. The van der Waals surface area contributed by atoms with Crippen LogP contribution in [0.2, 0.25) is 0 Å². The molecule has 1 fully saturated rings. The molecule has 108 valence electrons. The molecule has 2 rings (SSSR count). The van der Waals surface area contributed by atoms with Crippen molar-refractivity contribution >= 4 is 29.2 Å². The topological polar surface area (TPSA) is 72.9 Å². The number of thiophene rings is 1. The van der Waals surface area contributed by atoms with E-state index in [-0.39, 0.29) is 12.5 Å². The van der Waals surface area contributed by atoms with E-state index >= 15 is 0 Å². The minimum Gasteiger partial charge on any atom is -0.467 e. The monoisotopic (exact) mass is 297 g/mol. The van der Waals surface area contributed by atoms with Crippen LogP contribution in [-0.2, 0) is 25.6 Å². The predicted molar refractivity (Wildman–Crippen MR) is 71.2 cm³/mol. The lowest BCUT2D eigenvalue weighted by atomic mass is 10.2. The van der Waals surface area contributed by atoms with Gasteiger partial charge < -0.3 is 14.4 Å². The van der Waals surface area contributed by atoms with Crippen LogP contribution in [0, 0.1) is 0 Å². The van der Waals surface area contributed by atoms with E-state index in [0.717, 1.165) is 0 Å². The molecule has 7 heteroatoms. The van der Waals surface area contributed by atoms with Crippen molar-refractivity contribution in [1.29, 1.82) is 0 Å². The zero-order valence-corrected chi connectivity index (χ0v) is 12.1. The highest BCUT2D eigenvalue weighted by molar-refractivity contribution is 7.12. The van der Waals surface area contributed by atoms with Gasteiger partial charge in [0.05, 0.1) is 14.2 Å². The first kappa shape index (κ1) is 14.5. The first-order valence-electron chi connectivity index (χ1n) is 6.10. The number of amides is 1. The summed E-state index contributed by atoms with van der Waals surface area (Å²) in [6, 6.07) is 1.19. The molecule has 0 unspecified atom stereocenters. The lowest BCUT2D eigenvalue weighted by molar-refractivity contribution is -0.149. The van der Waals surface area contributed by atoms with Gasteiger partial charge in [0.1, 0.15) is 10.9 Å². The minimum atomic E-state index is -0.571. The molecular weight excluding hydrogens is 282 g/mol. The Balaban J connectivity index is 2.19. The Kier molecular flexibility index (Phi) is 4.39. The molecule has 1 aliphatic heterocycles. The van der Waals surface area contributed by atoms with E-state index in [1.165, 1.54) is 30.5 Å². The summed E-state index contributed by atoms with van der Waals surface area (Å²) in [6.07, 6.45) is 0.765. The van der Waals surface area contributed by atoms with Crippen molar-refractivity contribution in [2.45, 2.75) is 25.4 Å². The van der Waals surface area contributed by atoms with Crippen molar-refractivity contribution in [2.24, 2.45) is 0 Å². The number of carbonyl (C=O) groups is 3. The van der Waals surface area contributed by atoms with Crippen LogP contribution in [0.4, 0.5) is 0 Å². The Labute approximate surface area is 120 Å². The molecular formula is C13H15NO5S. The van der Waals surface area contributed by atoms with Crippen molar-refractivity contribution in [3.8, 4) is 0 Å². The highest BCUT2D eigenvalue weighted by Crippen LogP contribution is 2.26. The summed E-state index contributed by atoms with van der Waals surface area (Å²) in [5, 5.41) is 1.76. The smallest absolute Gasteiger partial charge is 0.348 e. The van der Waals surface area contributed by atoms with Crippen LogP contribution in [0.25, 0.3) is 0 Å². The van der Waals surface area contributed by atoms with E-state index in [1.54, 1.807) is 11.4 Å². The van der Waals surface area contributed by atoms with E-state index in [9.17, 15) is 14.4 Å². The number of esters is 2. The number of hydrogen-bond acceptors (Lipinski definition) is 6. The third-order valence-corrected chi connectivity index (χ3v) is 4.20. The Hall–Kier alpha value is -1.89. The second kappa shape index (κ2) is 6.04. The molecule has 1 amide bonds. The summed E-state index contributed by atoms with van der Waals surface area (Å²) in [7, 11) is 2.61. The van der Waals surface area contributed by atoms with Gasteiger partial charge in [0, 0.05) is 13.0 Å². The minimum absolute atomic E-state index is 0.109. The zero-order chi connectivity index (χ0) is 14.7. The van der Waals surface area contributed by atoms with Crippen molar-refractivity contribution in [3.63, 3.8) is 0 Å². The van der Waals surface area contributed by atoms with E-state index in [4.69, 9.17) is 9.47 Å². The fourth-order valence-electron chi connectivity index (χ4n) is 2.23. The molecule has 0 aliphatic carbocycles. The molecule has 0 radical (unpaired) electrons. The first-order chi connectivity index (χ1) is 9.58. The fourth-order valence-corrected chi connectivity index (χ4v) is 3.06. The maximum Gasteiger partial charge on any atom is 0.348 e. The number of nitrogens with zero attached hydrogens (tertiary/aromatic N) is 1. The van der Waals surface area contributed by atoms with Gasteiger partial charge in [-0.1, -0.05) is 0 Å². The van der Waals surface area contributed by atoms with Crippen LogP contribution in [0.3, 0.4) is 0 Å². The summed E-state index contributed by atoms with van der Waals surface area (Å²) in [5.74, 6) is -0.968. The Morgan fingerprint density at radius 3 is 2.80 bits per heavy atom. The van der Waals surface area contributed by atoms with E-state index < -0.39 is 18.0 Å². The molecule has 0 N–H and O–H groups in total. The van der Waals surface area contributed by atoms with Crippen molar-refractivity contribution < 1.29 is 23.9 Å². The van der Waals surface area contributed by atoms with Crippen molar-refractivity contribution in [3.05, 3.63) is 21.9 Å². The molecule has 1 atom stereocenters. The maximum absolute atomic E-state index is 11.9. The summed E-state index contributed by atoms with van der Waals surface area (Å²) in [6.45, 7) is 0.215. The van der Waals surface area contributed by atoms with Crippen LogP contribution in [0.1, 0.15) is 28.1 Å². The van der Waals surface area contributed by atoms with E-state index in [0.29, 0.717) is 23.3 Å². The molecule has 6 nitrogen and oxygen atoms in total. The molecule has 0 bridgehead atoms. The third kappa shape index (κ3) is 2.67. The van der Waals surface area contributed by atoms with Crippen molar-refractivity contribution in [2.75, 3.05) is 14.2 Å². The number of rotatable bonds is 4. The molecule has 0 saturated carbocycles. The van der Waals surface area contributed by atoms with Crippen LogP contribution in [-0.4, -0.2) is 43.0 Å². The van der Waals surface area contributed by atoms with E-state index in [1.807, 2.05) is 0 Å². The normalized spacial score (nSPS) is 18.2. The van der Waals surface area contributed by atoms with Gasteiger partial charge in [-0.3, -0.25) is 4.79 Å². The average Bonchev–Trinajstić information content (AvgIpc) is 3.06. The second-order valence-electron chi connectivity index (χ2n) is 4.37. The highest BCUT2D eigenvalue weighted by atomic mass is 32.1. The quantitative estimate of drug-likeness (QED) is 0.781. The molecule has 1 aliphatic rings. The summed E-state index contributed by atoms with van der Waals surface area (Å²) >= 11 is 1.25. The van der Waals surface area contributed by atoms with Gasteiger partial charge >= 0.3 is 11.9 Å². The third-order valence-electron chi connectivity index (χ3n) is 3.26. The Bertz CT molecular complexity index is 539. The fraction of sp³-hybridized carbons (Fsp3) is 0.462. The molecule has 1 aromatic heterocycles. The van der Waals surface area contributed by atoms with Gasteiger partial charge in [0.2, 0.25) is 5.91 Å². The number of methoxy groups -OCH3 is 2. The average molecular weight is 297 g/mol. The highest BCUT2D eigenvalue weighted by Gasteiger charge is 2.37. The summed E-state index contributed by atoms with van der Waals surface area (Å²) in [4.78, 5) is 37.1. The van der Waals surface area contributed by atoms with Crippen LogP contribution >= 0.6 is 11.3 Å². The van der Waals surface area contributed by atoms with Crippen molar-refractivity contribution in [1.82, 2.24) is 4.90 Å². The number of carbonyl (C=O) groups excluding carboxylic acids is 3. The summed E-state index contributed by atoms with van der Waals surface area (Å²) < 4.78 is 9.41. The molecule has 0 spiro atoms. The molecule has 1 aromatic rings. The van der Waals surface area contributed by atoms with Gasteiger partial charge in [-0.2, -0.15) is 0 Å². The van der Waals surface area contributed by atoms with Crippen LogP contribution in [0.5, 0.6) is 0 Å². The largest absolute Gasteiger partial charge is 0.467 e. The lowest BCUT2D eigenvalue weighted by Crippen LogP contribution is -2.38. The van der Waals surface area contributed by atoms with Crippen LogP contribution < -0.4 is 0 Å². The van der Waals surface area contributed by atoms with Gasteiger partial charge in [0.25, 0.3) is 0 Å². The van der Waals surface area contributed by atoms with Gasteiger partial charge in [0.15, 0.2) is 0 Å². The molecule has 20 heavy (non-hydrogen) atoms. The SMILES string of the molecule is COC(=O)c1sccc1CN1C(=O)CC[C@H]1C(=O)OC. The molecule has 2 heterocycles. The predicted octanol–water partition coefficient (Wildman–Crippen LogP) is 1.20. The Morgan fingerprint density at radius 1 is 1.40 bits per heavy atom. The van der Waals surface area contributed by atoms with Gasteiger partial charge in [-0.15, -0.1) is 11.3 Å². The maximum atomic E-state index is 11.9.